The van der Waals surface area contributed by atoms with Gasteiger partial charge < -0.3 is 37.9 Å². The number of rotatable bonds is 11. The topological polar surface area (TPSA) is 108 Å². The van der Waals surface area contributed by atoms with Gasteiger partial charge in [0.2, 0.25) is 23.0 Å². The van der Waals surface area contributed by atoms with E-state index in [1.165, 1.54) is 54.8 Å². The first kappa shape index (κ1) is 24.4. The Morgan fingerprint density at radius 3 is 1.06 bits per heavy atom. The molecule has 0 atom stereocenters. The highest BCUT2D eigenvalue weighted by Gasteiger charge is 2.22. The number of carbonyl (C=O) groups excluding carboxylic acids is 2. The van der Waals surface area contributed by atoms with Crippen LogP contribution in [0.15, 0.2) is 24.3 Å². The second kappa shape index (κ2) is 11.5. The summed E-state index contributed by atoms with van der Waals surface area (Å²) in [5, 5.41) is 0. The molecule has 0 aliphatic rings. The molecule has 2 rings (SSSR count). The third-order valence-electron chi connectivity index (χ3n) is 4.32. The second-order valence-corrected chi connectivity index (χ2v) is 6.11. The summed E-state index contributed by atoms with van der Waals surface area (Å²) in [5.74, 6) is 0.707. The summed E-state index contributed by atoms with van der Waals surface area (Å²) in [5.41, 5.74) is 0. The molecular weight excluding hydrogens is 424 g/mol. The van der Waals surface area contributed by atoms with Gasteiger partial charge in [0.15, 0.2) is 23.0 Å². The third kappa shape index (κ3) is 5.45. The van der Waals surface area contributed by atoms with E-state index in [9.17, 15) is 9.59 Å². The fraction of sp³-hybridized carbons (Fsp3) is 0.364. The average Bonchev–Trinajstić information content (AvgIpc) is 2.81. The summed E-state index contributed by atoms with van der Waals surface area (Å²) in [6, 6.07) is 6.15. The van der Waals surface area contributed by atoms with Gasteiger partial charge in [0.25, 0.3) is 0 Å². The summed E-state index contributed by atoms with van der Waals surface area (Å²) in [4.78, 5) is 24.6. The first-order valence-electron chi connectivity index (χ1n) is 9.43. The Labute approximate surface area is 185 Å². The van der Waals surface area contributed by atoms with Gasteiger partial charge in [-0.05, 0) is 24.3 Å². The van der Waals surface area contributed by atoms with Crippen LogP contribution in [0.3, 0.4) is 0 Å². The van der Waals surface area contributed by atoms with Crippen LogP contribution in [0.4, 0.5) is 0 Å². The van der Waals surface area contributed by atoms with Crippen molar-refractivity contribution in [1.29, 1.82) is 0 Å². The van der Waals surface area contributed by atoms with Crippen LogP contribution in [0.5, 0.6) is 46.0 Å². The molecule has 0 aliphatic carbocycles. The van der Waals surface area contributed by atoms with Crippen molar-refractivity contribution in [2.75, 3.05) is 42.7 Å². The van der Waals surface area contributed by atoms with Crippen LogP contribution in [0.25, 0.3) is 0 Å². The largest absolute Gasteiger partial charge is 0.493 e. The first-order valence-corrected chi connectivity index (χ1v) is 9.43. The van der Waals surface area contributed by atoms with Gasteiger partial charge in [-0.3, -0.25) is 9.59 Å². The van der Waals surface area contributed by atoms with E-state index in [2.05, 4.69) is 0 Å². The number of ether oxygens (including phenoxy) is 8. The molecule has 0 aliphatic heterocycles. The van der Waals surface area contributed by atoms with E-state index < -0.39 is 11.9 Å². The van der Waals surface area contributed by atoms with E-state index >= 15 is 0 Å². The van der Waals surface area contributed by atoms with Gasteiger partial charge in [-0.1, -0.05) is 0 Å². The van der Waals surface area contributed by atoms with Gasteiger partial charge in [0, 0.05) is 0 Å². The van der Waals surface area contributed by atoms with Gasteiger partial charge in [0.05, 0.1) is 55.5 Å². The normalized spacial score (nSPS) is 10.1. The molecule has 0 amide bonds. The minimum Gasteiger partial charge on any atom is -0.493 e. The number of carbonyl (C=O) groups is 2. The Morgan fingerprint density at radius 2 is 0.781 bits per heavy atom. The number of methoxy groups -OCH3 is 6. The Balaban J connectivity index is 2.05. The van der Waals surface area contributed by atoms with E-state index in [1.807, 2.05) is 0 Å². The summed E-state index contributed by atoms with van der Waals surface area (Å²) in [6.07, 6.45) is -0.460. The third-order valence-corrected chi connectivity index (χ3v) is 4.32. The van der Waals surface area contributed by atoms with Crippen LogP contribution < -0.4 is 37.9 Å². The van der Waals surface area contributed by atoms with E-state index in [0.717, 1.165) is 0 Å². The van der Waals surface area contributed by atoms with Crippen molar-refractivity contribution >= 4 is 11.9 Å². The van der Waals surface area contributed by atoms with E-state index in [0.29, 0.717) is 11.5 Å². The van der Waals surface area contributed by atoms with E-state index in [4.69, 9.17) is 37.9 Å². The Kier molecular flexibility index (Phi) is 8.82. The quantitative estimate of drug-likeness (QED) is 0.374. The number of benzene rings is 2. The van der Waals surface area contributed by atoms with Crippen molar-refractivity contribution < 1.29 is 47.5 Å². The zero-order valence-electron chi connectivity index (χ0n) is 18.8. The van der Waals surface area contributed by atoms with Crippen molar-refractivity contribution in [3.63, 3.8) is 0 Å². The minimum absolute atomic E-state index is 0.130. The summed E-state index contributed by atoms with van der Waals surface area (Å²) >= 11 is 0. The van der Waals surface area contributed by atoms with Crippen molar-refractivity contribution in [1.82, 2.24) is 0 Å². The number of hydrogen-bond donors (Lipinski definition) is 0. The molecule has 2 aromatic carbocycles. The average molecular weight is 450 g/mol. The van der Waals surface area contributed by atoms with Gasteiger partial charge in [-0.15, -0.1) is 0 Å². The molecular formula is C22H26O10. The molecule has 0 fully saturated rings. The van der Waals surface area contributed by atoms with Crippen LogP contribution in [-0.2, 0) is 9.59 Å². The van der Waals surface area contributed by atoms with Crippen molar-refractivity contribution in [2.45, 2.75) is 12.8 Å². The molecule has 0 spiro atoms. The Morgan fingerprint density at radius 1 is 0.500 bits per heavy atom. The summed E-state index contributed by atoms with van der Waals surface area (Å²) in [7, 11) is 8.63. The molecule has 0 radical (unpaired) electrons. The maximum Gasteiger partial charge on any atom is 0.311 e. The van der Waals surface area contributed by atoms with Crippen molar-refractivity contribution in [2.24, 2.45) is 0 Å². The monoisotopic (exact) mass is 450 g/mol. The molecule has 0 heterocycles. The highest BCUT2D eigenvalue weighted by atomic mass is 16.6. The SMILES string of the molecule is COc1ccc(OC(=O)CCC(=O)Oc2ccc(OC)c(OC)c2OC)c(OC)c1OC. The zero-order valence-corrected chi connectivity index (χ0v) is 18.8. The standard InChI is InChI=1S/C22H26O10/c1-25-13-7-9-15(21(29-5)19(13)27-3)31-17(23)11-12-18(24)32-16-10-8-14(26-2)20(28-4)22(16)30-6/h7-10H,11-12H2,1-6H3. The number of hydrogen-bond acceptors (Lipinski definition) is 10. The lowest BCUT2D eigenvalue weighted by Gasteiger charge is -2.16. The molecule has 0 aromatic heterocycles. The fourth-order valence-electron chi connectivity index (χ4n) is 2.86. The van der Waals surface area contributed by atoms with Gasteiger partial charge >= 0.3 is 11.9 Å². The lowest BCUT2D eigenvalue weighted by molar-refractivity contribution is -0.140. The van der Waals surface area contributed by atoms with Gasteiger partial charge in [-0.2, -0.15) is 0 Å². The van der Waals surface area contributed by atoms with E-state index in [-0.39, 0.29) is 47.3 Å². The fourth-order valence-corrected chi connectivity index (χ4v) is 2.86. The molecule has 2 aromatic rings. The molecule has 0 bridgehead atoms. The summed E-state index contributed by atoms with van der Waals surface area (Å²) < 4.78 is 42.1. The molecule has 10 heteroatoms. The predicted molar refractivity (Wildman–Crippen MR) is 113 cm³/mol. The lowest BCUT2D eigenvalue weighted by Crippen LogP contribution is -2.15. The smallest absolute Gasteiger partial charge is 0.311 e. The van der Waals surface area contributed by atoms with Crippen molar-refractivity contribution in [3.05, 3.63) is 24.3 Å². The second-order valence-electron chi connectivity index (χ2n) is 6.11. The molecule has 0 N–H and O–H groups in total. The van der Waals surface area contributed by atoms with Gasteiger partial charge in [-0.25, -0.2) is 0 Å². The van der Waals surface area contributed by atoms with Crippen LogP contribution >= 0.6 is 0 Å². The molecule has 0 unspecified atom stereocenters. The molecule has 0 saturated heterocycles. The Hall–Kier alpha value is -3.82. The van der Waals surface area contributed by atoms with Crippen LogP contribution in [0.1, 0.15) is 12.8 Å². The maximum atomic E-state index is 12.3. The lowest BCUT2D eigenvalue weighted by atomic mass is 10.2. The molecule has 0 saturated carbocycles. The zero-order chi connectivity index (χ0) is 23.7. The minimum atomic E-state index is -0.660. The molecule has 174 valence electrons. The maximum absolute atomic E-state index is 12.3. The highest BCUT2D eigenvalue weighted by molar-refractivity contribution is 5.81. The first-order chi connectivity index (χ1) is 15.4. The highest BCUT2D eigenvalue weighted by Crippen LogP contribution is 2.45. The van der Waals surface area contributed by atoms with Crippen LogP contribution in [-0.4, -0.2) is 54.6 Å². The Bertz CT molecular complexity index is 877. The molecule has 32 heavy (non-hydrogen) atoms. The van der Waals surface area contributed by atoms with Crippen LogP contribution in [0, 0.1) is 0 Å². The van der Waals surface area contributed by atoms with E-state index in [1.54, 1.807) is 12.1 Å². The van der Waals surface area contributed by atoms with Gasteiger partial charge in [0.1, 0.15) is 0 Å². The number of esters is 2. The predicted octanol–water partition coefficient (Wildman–Crippen LogP) is 3.03. The molecule has 10 nitrogen and oxygen atoms in total. The van der Waals surface area contributed by atoms with Crippen LogP contribution in [0.2, 0.25) is 0 Å². The summed E-state index contributed by atoms with van der Waals surface area (Å²) in [6.45, 7) is 0. The van der Waals surface area contributed by atoms with Crippen molar-refractivity contribution in [3.8, 4) is 46.0 Å².